The van der Waals surface area contributed by atoms with Gasteiger partial charge in [0.2, 0.25) is 0 Å². The largest absolute Gasteiger partial charge is 0.491 e. The summed E-state index contributed by atoms with van der Waals surface area (Å²) >= 11 is 0. The molecule has 1 fully saturated rings. The molecule has 5 nitrogen and oxygen atoms in total. The van der Waals surface area contributed by atoms with Crippen molar-refractivity contribution >= 4 is 5.91 Å². The maximum Gasteiger partial charge on any atom is 0.289 e. The first-order valence-electron chi connectivity index (χ1n) is 9.38. The standard InChI is InChI=1S/C21H28N2O3/c1-17-8-4-5-9-19(17)25-15-14-22(2)21(24)20-11-10-18(26-20)16-23-12-6-3-7-13-23/h4-5,8-11H,3,6-7,12-16H2,1-2H3. The van der Waals surface area contributed by atoms with Crippen molar-refractivity contribution in [3.8, 4) is 5.75 Å². The lowest BCUT2D eigenvalue weighted by atomic mass is 10.1. The molecule has 1 aromatic carbocycles. The van der Waals surface area contributed by atoms with Crippen molar-refractivity contribution in [1.29, 1.82) is 0 Å². The number of piperidine rings is 1. The predicted molar refractivity (Wildman–Crippen MR) is 101 cm³/mol. The van der Waals surface area contributed by atoms with Gasteiger partial charge in [0.15, 0.2) is 5.76 Å². The highest BCUT2D eigenvalue weighted by atomic mass is 16.5. The van der Waals surface area contributed by atoms with Crippen LogP contribution in [0.3, 0.4) is 0 Å². The Bertz CT molecular complexity index is 720. The summed E-state index contributed by atoms with van der Waals surface area (Å²) < 4.78 is 11.5. The molecule has 1 aromatic heterocycles. The minimum absolute atomic E-state index is 0.108. The van der Waals surface area contributed by atoms with E-state index in [1.165, 1.54) is 19.3 Å². The maximum absolute atomic E-state index is 12.5. The smallest absolute Gasteiger partial charge is 0.289 e. The second-order valence-electron chi connectivity index (χ2n) is 6.94. The van der Waals surface area contributed by atoms with Gasteiger partial charge in [0, 0.05) is 7.05 Å². The van der Waals surface area contributed by atoms with Crippen LogP contribution < -0.4 is 4.74 Å². The molecule has 140 valence electrons. The number of hydrogen-bond donors (Lipinski definition) is 0. The fourth-order valence-corrected chi connectivity index (χ4v) is 3.22. The normalized spacial score (nSPS) is 15.0. The molecule has 0 atom stereocenters. The minimum atomic E-state index is -0.108. The summed E-state index contributed by atoms with van der Waals surface area (Å²) in [6.07, 6.45) is 3.81. The molecule has 3 rings (SSSR count). The molecular formula is C21H28N2O3. The summed E-state index contributed by atoms with van der Waals surface area (Å²) in [7, 11) is 1.77. The third-order valence-electron chi connectivity index (χ3n) is 4.83. The Labute approximate surface area is 155 Å². The lowest BCUT2D eigenvalue weighted by Gasteiger charge is -2.25. The van der Waals surface area contributed by atoms with Crippen LogP contribution in [0.2, 0.25) is 0 Å². The average molecular weight is 356 g/mol. The molecule has 0 radical (unpaired) electrons. The van der Waals surface area contributed by atoms with Gasteiger partial charge in [-0.3, -0.25) is 9.69 Å². The number of carbonyl (C=O) groups is 1. The average Bonchev–Trinajstić information content (AvgIpc) is 3.12. The highest BCUT2D eigenvalue weighted by Crippen LogP contribution is 2.17. The molecule has 1 aliphatic heterocycles. The first kappa shape index (κ1) is 18.5. The van der Waals surface area contributed by atoms with Crippen LogP contribution in [0.1, 0.15) is 41.1 Å². The van der Waals surface area contributed by atoms with Crippen LogP contribution in [-0.2, 0) is 6.54 Å². The van der Waals surface area contributed by atoms with Gasteiger partial charge in [-0.15, -0.1) is 0 Å². The van der Waals surface area contributed by atoms with Crippen molar-refractivity contribution in [3.63, 3.8) is 0 Å². The van der Waals surface area contributed by atoms with E-state index in [4.69, 9.17) is 9.15 Å². The van der Waals surface area contributed by atoms with Gasteiger partial charge in [0.05, 0.1) is 13.1 Å². The molecule has 0 bridgehead atoms. The van der Waals surface area contributed by atoms with Gasteiger partial charge < -0.3 is 14.1 Å². The lowest BCUT2D eigenvalue weighted by molar-refractivity contribution is 0.0738. The first-order valence-corrected chi connectivity index (χ1v) is 9.38. The highest BCUT2D eigenvalue weighted by molar-refractivity contribution is 5.91. The van der Waals surface area contributed by atoms with E-state index in [1.807, 2.05) is 37.3 Å². The molecule has 5 heteroatoms. The van der Waals surface area contributed by atoms with E-state index in [0.29, 0.717) is 18.9 Å². The quantitative estimate of drug-likeness (QED) is 0.758. The van der Waals surface area contributed by atoms with Crippen LogP contribution in [0, 0.1) is 6.92 Å². The van der Waals surface area contributed by atoms with Crippen LogP contribution in [-0.4, -0.2) is 49.0 Å². The van der Waals surface area contributed by atoms with Gasteiger partial charge in [-0.05, 0) is 56.6 Å². The van der Waals surface area contributed by atoms with E-state index in [-0.39, 0.29) is 5.91 Å². The third-order valence-corrected chi connectivity index (χ3v) is 4.83. The van der Waals surface area contributed by atoms with E-state index in [0.717, 1.165) is 36.7 Å². The zero-order valence-electron chi connectivity index (χ0n) is 15.7. The van der Waals surface area contributed by atoms with Crippen LogP contribution in [0.5, 0.6) is 5.75 Å². The van der Waals surface area contributed by atoms with E-state index in [1.54, 1.807) is 18.0 Å². The number of para-hydroxylation sites is 1. The number of likely N-dealkylation sites (N-methyl/N-ethyl adjacent to an activating group) is 1. The SMILES string of the molecule is Cc1ccccc1OCCN(C)C(=O)c1ccc(CN2CCCCC2)o1. The van der Waals surface area contributed by atoms with Crippen LogP contribution in [0.25, 0.3) is 0 Å². The second kappa shape index (κ2) is 8.90. The zero-order valence-corrected chi connectivity index (χ0v) is 15.7. The number of likely N-dealkylation sites (tertiary alicyclic amines) is 1. The van der Waals surface area contributed by atoms with Crippen LogP contribution >= 0.6 is 0 Å². The van der Waals surface area contributed by atoms with Gasteiger partial charge in [0.1, 0.15) is 18.1 Å². The van der Waals surface area contributed by atoms with E-state index in [2.05, 4.69) is 4.90 Å². The van der Waals surface area contributed by atoms with Crippen molar-refractivity contribution in [2.75, 3.05) is 33.3 Å². The molecule has 1 aliphatic rings. The Morgan fingerprint density at radius 2 is 1.92 bits per heavy atom. The van der Waals surface area contributed by atoms with Crippen molar-refractivity contribution < 1.29 is 13.9 Å². The maximum atomic E-state index is 12.5. The molecule has 26 heavy (non-hydrogen) atoms. The first-order chi connectivity index (χ1) is 12.6. The number of nitrogens with zero attached hydrogens (tertiary/aromatic N) is 2. The van der Waals surface area contributed by atoms with Crippen molar-refractivity contribution in [2.45, 2.75) is 32.7 Å². The molecule has 1 saturated heterocycles. The zero-order chi connectivity index (χ0) is 18.4. The number of rotatable bonds is 7. The number of amides is 1. The number of hydrogen-bond acceptors (Lipinski definition) is 4. The Kier molecular flexibility index (Phi) is 6.34. The number of ether oxygens (including phenoxy) is 1. The van der Waals surface area contributed by atoms with Crippen molar-refractivity contribution in [2.24, 2.45) is 0 Å². The minimum Gasteiger partial charge on any atom is -0.491 e. The van der Waals surface area contributed by atoms with Gasteiger partial charge >= 0.3 is 0 Å². The monoisotopic (exact) mass is 356 g/mol. The molecular weight excluding hydrogens is 328 g/mol. The molecule has 2 aromatic rings. The molecule has 0 spiro atoms. The van der Waals surface area contributed by atoms with Gasteiger partial charge in [-0.2, -0.15) is 0 Å². The molecule has 0 unspecified atom stereocenters. The van der Waals surface area contributed by atoms with Gasteiger partial charge in [0.25, 0.3) is 5.91 Å². The Morgan fingerprint density at radius 1 is 1.15 bits per heavy atom. The number of benzene rings is 1. The Hall–Kier alpha value is -2.27. The van der Waals surface area contributed by atoms with E-state index >= 15 is 0 Å². The van der Waals surface area contributed by atoms with Crippen LogP contribution in [0.4, 0.5) is 0 Å². The fraction of sp³-hybridized carbons (Fsp3) is 0.476. The number of aryl methyl sites for hydroxylation is 1. The Balaban J connectivity index is 1.48. The molecule has 0 saturated carbocycles. The fourth-order valence-electron chi connectivity index (χ4n) is 3.22. The molecule has 2 heterocycles. The predicted octanol–water partition coefficient (Wildman–Crippen LogP) is 3.72. The second-order valence-corrected chi connectivity index (χ2v) is 6.94. The third kappa shape index (κ3) is 4.88. The van der Waals surface area contributed by atoms with Crippen LogP contribution in [0.15, 0.2) is 40.8 Å². The van der Waals surface area contributed by atoms with Gasteiger partial charge in [-0.25, -0.2) is 0 Å². The van der Waals surface area contributed by atoms with E-state index in [9.17, 15) is 4.79 Å². The highest BCUT2D eigenvalue weighted by Gasteiger charge is 2.18. The van der Waals surface area contributed by atoms with Crippen molar-refractivity contribution in [3.05, 3.63) is 53.5 Å². The molecule has 0 aliphatic carbocycles. The summed E-state index contributed by atoms with van der Waals surface area (Å²) in [5, 5.41) is 0. The summed E-state index contributed by atoms with van der Waals surface area (Å²) in [4.78, 5) is 16.5. The lowest BCUT2D eigenvalue weighted by Crippen LogP contribution is -2.30. The van der Waals surface area contributed by atoms with Crippen molar-refractivity contribution in [1.82, 2.24) is 9.80 Å². The molecule has 0 N–H and O–H groups in total. The Morgan fingerprint density at radius 3 is 2.69 bits per heavy atom. The van der Waals surface area contributed by atoms with E-state index < -0.39 is 0 Å². The summed E-state index contributed by atoms with van der Waals surface area (Å²) in [6, 6.07) is 11.6. The van der Waals surface area contributed by atoms with Gasteiger partial charge in [-0.1, -0.05) is 24.6 Å². The number of furan rings is 1. The summed E-state index contributed by atoms with van der Waals surface area (Å²) in [5.41, 5.74) is 1.09. The number of carbonyl (C=O) groups excluding carboxylic acids is 1. The summed E-state index contributed by atoms with van der Waals surface area (Å²) in [5.74, 6) is 2.01. The molecule has 1 amide bonds. The summed E-state index contributed by atoms with van der Waals surface area (Å²) in [6.45, 7) is 5.98. The topological polar surface area (TPSA) is 45.9 Å².